The van der Waals surface area contributed by atoms with Gasteiger partial charge in [-0.25, -0.2) is 0 Å². The van der Waals surface area contributed by atoms with Crippen molar-refractivity contribution >= 4 is 5.91 Å². The molecule has 0 saturated carbocycles. The minimum absolute atomic E-state index is 0.0301. The number of hydrogen-bond acceptors (Lipinski definition) is 2. The first-order valence-corrected chi connectivity index (χ1v) is 5.20. The van der Waals surface area contributed by atoms with Crippen LogP contribution >= 0.6 is 0 Å². The van der Waals surface area contributed by atoms with E-state index in [-0.39, 0.29) is 12.1 Å². The van der Waals surface area contributed by atoms with Crippen LogP contribution in [0.15, 0.2) is 0 Å². The van der Waals surface area contributed by atoms with Gasteiger partial charge >= 0.3 is 0 Å². The van der Waals surface area contributed by atoms with Crippen molar-refractivity contribution in [2.75, 3.05) is 6.54 Å². The van der Waals surface area contributed by atoms with E-state index < -0.39 is 0 Å². The molecule has 0 aromatic rings. The molecule has 1 rings (SSSR count). The molecule has 0 aliphatic carbocycles. The lowest BCUT2D eigenvalue weighted by Gasteiger charge is -2.20. The van der Waals surface area contributed by atoms with Gasteiger partial charge in [-0.05, 0) is 12.3 Å². The molecular weight excluding hydrogens is 164 g/mol. The highest BCUT2D eigenvalue weighted by atomic mass is 16.2. The summed E-state index contributed by atoms with van der Waals surface area (Å²) < 4.78 is 0. The van der Waals surface area contributed by atoms with Gasteiger partial charge in [0.15, 0.2) is 0 Å². The van der Waals surface area contributed by atoms with Crippen molar-refractivity contribution in [1.29, 1.82) is 0 Å². The molecular formula is C10H22N2O. The highest BCUT2D eigenvalue weighted by molar-refractivity contribution is 5.76. The predicted octanol–water partition coefficient (Wildman–Crippen LogP) is 1.58. The first-order valence-electron chi connectivity index (χ1n) is 5.20. The SMILES string of the molecule is CC.CCC(=O)N1CC(C)CC1N. The van der Waals surface area contributed by atoms with Gasteiger partial charge in [-0.2, -0.15) is 0 Å². The minimum atomic E-state index is -0.0301. The van der Waals surface area contributed by atoms with Crippen LogP contribution < -0.4 is 5.73 Å². The highest BCUT2D eigenvalue weighted by Crippen LogP contribution is 2.19. The molecule has 1 saturated heterocycles. The quantitative estimate of drug-likeness (QED) is 0.675. The summed E-state index contributed by atoms with van der Waals surface area (Å²) in [6, 6.07) is 0. The number of amides is 1. The Labute approximate surface area is 81.3 Å². The molecule has 0 aromatic heterocycles. The van der Waals surface area contributed by atoms with Crippen LogP contribution in [0.3, 0.4) is 0 Å². The summed E-state index contributed by atoms with van der Waals surface area (Å²) >= 11 is 0. The Morgan fingerprint density at radius 1 is 1.54 bits per heavy atom. The molecule has 13 heavy (non-hydrogen) atoms. The van der Waals surface area contributed by atoms with Crippen LogP contribution in [0.4, 0.5) is 0 Å². The van der Waals surface area contributed by atoms with Gasteiger partial charge in [-0.15, -0.1) is 0 Å². The Balaban J connectivity index is 0.000000671. The van der Waals surface area contributed by atoms with Crippen LogP contribution in [0, 0.1) is 5.92 Å². The zero-order valence-electron chi connectivity index (χ0n) is 9.21. The second-order valence-corrected chi connectivity index (χ2v) is 3.31. The van der Waals surface area contributed by atoms with Gasteiger partial charge in [-0.1, -0.05) is 27.7 Å². The average molecular weight is 186 g/mol. The van der Waals surface area contributed by atoms with E-state index in [9.17, 15) is 4.79 Å². The Kier molecular flexibility index (Phi) is 5.71. The third kappa shape index (κ3) is 3.35. The van der Waals surface area contributed by atoms with Gasteiger partial charge in [0.2, 0.25) is 5.91 Å². The van der Waals surface area contributed by atoms with Gasteiger partial charge in [0.1, 0.15) is 0 Å². The molecule has 1 aliphatic rings. The maximum absolute atomic E-state index is 11.2. The fourth-order valence-electron chi connectivity index (χ4n) is 1.58. The van der Waals surface area contributed by atoms with E-state index in [0.29, 0.717) is 12.3 Å². The van der Waals surface area contributed by atoms with Crippen LogP contribution in [-0.4, -0.2) is 23.5 Å². The maximum Gasteiger partial charge on any atom is 0.223 e. The molecule has 78 valence electrons. The number of carbonyl (C=O) groups is 1. The van der Waals surface area contributed by atoms with E-state index in [2.05, 4.69) is 6.92 Å². The Morgan fingerprint density at radius 2 is 2.08 bits per heavy atom. The highest BCUT2D eigenvalue weighted by Gasteiger charge is 2.28. The fourth-order valence-corrected chi connectivity index (χ4v) is 1.58. The molecule has 1 aliphatic heterocycles. The Bertz CT molecular complexity index is 159. The smallest absolute Gasteiger partial charge is 0.223 e. The van der Waals surface area contributed by atoms with E-state index >= 15 is 0 Å². The molecule has 0 spiro atoms. The summed E-state index contributed by atoms with van der Waals surface area (Å²) in [5.41, 5.74) is 5.75. The standard InChI is InChI=1S/C8H16N2O.C2H6/c1-3-8(11)10-5-6(2)4-7(10)9;1-2/h6-7H,3-5,9H2,1-2H3;1-2H3. The summed E-state index contributed by atoms with van der Waals surface area (Å²) in [5.74, 6) is 0.752. The summed E-state index contributed by atoms with van der Waals surface area (Å²) in [7, 11) is 0. The lowest BCUT2D eigenvalue weighted by Crippen LogP contribution is -2.40. The van der Waals surface area contributed by atoms with Gasteiger partial charge in [0, 0.05) is 13.0 Å². The predicted molar refractivity (Wildman–Crippen MR) is 55.1 cm³/mol. The molecule has 0 aromatic carbocycles. The molecule has 1 fully saturated rings. The van der Waals surface area contributed by atoms with Gasteiger partial charge < -0.3 is 10.6 Å². The second-order valence-electron chi connectivity index (χ2n) is 3.31. The molecule has 3 heteroatoms. The number of rotatable bonds is 1. The molecule has 2 unspecified atom stereocenters. The summed E-state index contributed by atoms with van der Waals surface area (Å²) in [6.07, 6.45) is 1.49. The fraction of sp³-hybridized carbons (Fsp3) is 0.900. The van der Waals surface area contributed by atoms with Crippen molar-refractivity contribution in [3.05, 3.63) is 0 Å². The number of nitrogens with two attached hydrogens (primary N) is 1. The summed E-state index contributed by atoms with van der Waals surface area (Å²) in [5, 5.41) is 0. The zero-order chi connectivity index (χ0) is 10.4. The van der Waals surface area contributed by atoms with Crippen LogP contribution in [0.1, 0.15) is 40.5 Å². The molecule has 0 radical (unpaired) electrons. The number of carbonyl (C=O) groups excluding carboxylic acids is 1. The maximum atomic E-state index is 11.2. The number of nitrogens with zero attached hydrogens (tertiary/aromatic N) is 1. The molecule has 1 heterocycles. The van der Waals surface area contributed by atoms with Crippen molar-refractivity contribution in [2.24, 2.45) is 11.7 Å². The van der Waals surface area contributed by atoms with Crippen molar-refractivity contribution in [3.8, 4) is 0 Å². The minimum Gasteiger partial charge on any atom is -0.327 e. The van der Waals surface area contributed by atoms with Crippen LogP contribution in [0.2, 0.25) is 0 Å². The van der Waals surface area contributed by atoms with E-state index in [0.717, 1.165) is 13.0 Å². The lowest BCUT2D eigenvalue weighted by atomic mass is 10.1. The largest absolute Gasteiger partial charge is 0.327 e. The van der Waals surface area contributed by atoms with E-state index in [1.54, 1.807) is 4.90 Å². The topological polar surface area (TPSA) is 46.3 Å². The van der Waals surface area contributed by atoms with Crippen molar-refractivity contribution in [1.82, 2.24) is 4.90 Å². The van der Waals surface area contributed by atoms with Crippen molar-refractivity contribution < 1.29 is 4.79 Å². The van der Waals surface area contributed by atoms with Crippen molar-refractivity contribution in [3.63, 3.8) is 0 Å². The van der Waals surface area contributed by atoms with E-state index in [1.165, 1.54) is 0 Å². The van der Waals surface area contributed by atoms with Crippen LogP contribution in [-0.2, 0) is 4.79 Å². The average Bonchev–Trinajstić information content (AvgIpc) is 2.47. The first kappa shape index (κ1) is 12.4. The lowest BCUT2D eigenvalue weighted by molar-refractivity contribution is -0.131. The molecule has 1 amide bonds. The number of hydrogen-bond donors (Lipinski definition) is 1. The third-order valence-corrected chi connectivity index (χ3v) is 2.18. The van der Waals surface area contributed by atoms with Crippen molar-refractivity contribution in [2.45, 2.75) is 46.7 Å². The summed E-state index contributed by atoms with van der Waals surface area (Å²) in [4.78, 5) is 13.0. The molecule has 0 bridgehead atoms. The zero-order valence-corrected chi connectivity index (χ0v) is 9.21. The van der Waals surface area contributed by atoms with Gasteiger partial charge in [0.05, 0.1) is 6.17 Å². The normalized spacial score (nSPS) is 26.7. The van der Waals surface area contributed by atoms with E-state index in [1.807, 2.05) is 20.8 Å². The van der Waals surface area contributed by atoms with Gasteiger partial charge in [0.25, 0.3) is 0 Å². The van der Waals surface area contributed by atoms with Crippen LogP contribution in [0.5, 0.6) is 0 Å². The Morgan fingerprint density at radius 3 is 2.38 bits per heavy atom. The monoisotopic (exact) mass is 186 g/mol. The second kappa shape index (κ2) is 5.97. The third-order valence-electron chi connectivity index (χ3n) is 2.18. The van der Waals surface area contributed by atoms with Gasteiger partial charge in [-0.3, -0.25) is 4.79 Å². The summed E-state index contributed by atoms with van der Waals surface area (Å²) in [6.45, 7) is 8.84. The molecule has 2 N–H and O–H groups in total. The van der Waals surface area contributed by atoms with E-state index in [4.69, 9.17) is 5.73 Å². The molecule has 2 atom stereocenters. The van der Waals surface area contributed by atoms with Crippen LogP contribution in [0.25, 0.3) is 0 Å². The first-order chi connectivity index (χ1) is 6.15. The molecule has 3 nitrogen and oxygen atoms in total. The Hall–Kier alpha value is -0.570. The number of likely N-dealkylation sites (tertiary alicyclic amines) is 1.